The predicted octanol–water partition coefficient (Wildman–Crippen LogP) is 4.48. The molecule has 0 bridgehead atoms. The van der Waals surface area contributed by atoms with Crippen molar-refractivity contribution in [3.63, 3.8) is 0 Å². The van der Waals surface area contributed by atoms with Crippen LogP contribution in [-0.4, -0.2) is 40.7 Å². The number of carbonyl (C=O) groups is 1. The average molecular weight is 495 g/mol. The van der Waals surface area contributed by atoms with E-state index in [9.17, 15) is 9.59 Å². The molecule has 1 amide bonds. The van der Waals surface area contributed by atoms with Crippen LogP contribution in [0.2, 0.25) is 0 Å². The summed E-state index contributed by atoms with van der Waals surface area (Å²) in [7, 11) is 1.60. The number of methoxy groups -OCH3 is 1. The number of benzene rings is 2. The van der Waals surface area contributed by atoms with Gasteiger partial charge in [-0.15, -0.1) is 0 Å². The van der Waals surface area contributed by atoms with Crippen molar-refractivity contribution < 1.29 is 14.3 Å². The summed E-state index contributed by atoms with van der Waals surface area (Å²) >= 11 is 5.46. The van der Waals surface area contributed by atoms with E-state index in [1.807, 2.05) is 49.4 Å². The quantitative estimate of drug-likeness (QED) is 0.211. The molecule has 8 nitrogen and oxygen atoms in total. The molecule has 0 fully saturated rings. The van der Waals surface area contributed by atoms with Crippen LogP contribution in [0.5, 0.6) is 11.5 Å². The minimum Gasteiger partial charge on any atom is -0.497 e. The van der Waals surface area contributed by atoms with Crippen LogP contribution in [0.25, 0.3) is 21.9 Å². The lowest BCUT2D eigenvalue weighted by atomic mass is 10.1. The van der Waals surface area contributed by atoms with Crippen molar-refractivity contribution in [2.75, 3.05) is 20.3 Å². The Morgan fingerprint density at radius 2 is 1.83 bits per heavy atom. The van der Waals surface area contributed by atoms with Crippen LogP contribution >= 0.6 is 12.2 Å². The summed E-state index contributed by atoms with van der Waals surface area (Å²) in [5.74, 6) is 1.57. The Morgan fingerprint density at radius 1 is 1.06 bits per heavy atom. The van der Waals surface area contributed by atoms with Crippen molar-refractivity contribution in [2.24, 2.45) is 0 Å². The summed E-state index contributed by atoms with van der Waals surface area (Å²) < 4.78 is 12.7. The van der Waals surface area contributed by atoms with Crippen molar-refractivity contribution in [3.05, 3.63) is 63.2 Å². The number of nitrogens with one attached hydrogen (secondary N) is 3. The molecule has 35 heavy (non-hydrogen) atoms. The number of nitrogens with zero attached hydrogens (tertiary/aromatic N) is 1. The van der Waals surface area contributed by atoms with Crippen molar-refractivity contribution in [2.45, 2.75) is 39.2 Å². The second-order valence-electron chi connectivity index (χ2n) is 8.31. The Morgan fingerprint density at radius 3 is 2.57 bits per heavy atom. The Balaban J connectivity index is 1.28. The summed E-state index contributed by atoms with van der Waals surface area (Å²) in [6.45, 7) is 3.63. The van der Waals surface area contributed by atoms with Crippen LogP contribution in [-0.2, 0) is 17.8 Å². The van der Waals surface area contributed by atoms with E-state index < -0.39 is 0 Å². The number of fused-ring (bicyclic) bond motifs is 3. The van der Waals surface area contributed by atoms with E-state index in [1.54, 1.807) is 11.7 Å². The first-order chi connectivity index (χ1) is 17.0. The lowest BCUT2D eigenvalue weighted by Gasteiger charge is -2.08. The summed E-state index contributed by atoms with van der Waals surface area (Å²) in [6.07, 6.45) is 2.50. The van der Waals surface area contributed by atoms with Gasteiger partial charge in [0.2, 0.25) is 5.91 Å². The van der Waals surface area contributed by atoms with Gasteiger partial charge in [-0.1, -0.05) is 12.1 Å². The molecule has 0 unspecified atom stereocenters. The molecule has 0 atom stereocenters. The smallest absolute Gasteiger partial charge is 0.278 e. The largest absolute Gasteiger partial charge is 0.497 e. The average Bonchev–Trinajstić information content (AvgIpc) is 3.22. The standard InChI is InChI=1S/C26H30N4O4S/c1-3-34-18-9-7-17(8-10-18)13-14-27-22(31)6-4-5-15-30-25(32)24-23(29-26(30)35)20-16-19(33-2)11-12-21(20)28-24/h7-12,16,28H,3-6,13-15H2,1-2H3,(H,27,31)(H,29,35). The number of unbranched alkanes of at least 4 members (excludes halogenated alkanes) is 1. The van der Waals surface area contributed by atoms with Crippen molar-refractivity contribution in [3.8, 4) is 11.5 Å². The van der Waals surface area contributed by atoms with Crippen LogP contribution in [0, 0.1) is 4.77 Å². The molecule has 9 heteroatoms. The maximum Gasteiger partial charge on any atom is 0.278 e. The van der Waals surface area contributed by atoms with Gasteiger partial charge >= 0.3 is 0 Å². The maximum absolute atomic E-state index is 13.1. The van der Waals surface area contributed by atoms with Gasteiger partial charge in [0.25, 0.3) is 5.56 Å². The molecule has 0 aliphatic rings. The first-order valence-corrected chi connectivity index (χ1v) is 12.2. The van der Waals surface area contributed by atoms with E-state index in [4.69, 9.17) is 21.7 Å². The zero-order chi connectivity index (χ0) is 24.8. The van der Waals surface area contributed by atoms with Crippen LogP contribution in [0.15, 0.2) is 47.3 Å². The topological polar surface area (TPSA) is 101 Å². The molecule has 2 aromatic carbocycles. The molecule has 3 N–H and O–H groups in total. The van der Waals surface area contributed by atoms with E-state index in [-0.39, 0.29) is 11.5 Å². The number of carbonyl (C=O) groups excluding carboxylic acids is 1. The third kappa shape index (κ3) is 5.74. The van der Waals surface area contributed by atoms with Gasteiger partial charge in [0.1, 0.15) is 17.0 Å². The van der Waals surface area contributed by atoms with Gasteiger partial charge in [0, 0.05) is 30.4 Å². The Kier molecular flexibility index (Phi) is 7.87. The number of hydrogen-bond acceptors (Lipinski definition) is 5. The van der Waals surface area contributed by atoms with Gasteiger partial charge in [-0.3, -0.25) is 14.2 Å². The zero-order valence-corrected chi connectivity index (χ0v) is 20.8. The molecule has 2 heterocycles. The lowest BCUT2D eigenvalue weighted by molar-refractivity contribution is -0.121. The highest BCUT2D eigenvalue weighted by molar-refractivity contribution is 7.71. The maximum atomic E-state index is 13.1. The first-order valence-electron chi connectivity index (χ1n) is 11.8. The minimum absolute atomic E-state index is 0.00783. The molecule has 0 saturated carbocycles. The number of ether oxygens (including phenoxy) is 2. The molecule has 2 aromatic heterocycles. The van der Waals surface area contributed by atoms with Crippen molar-refractivity contribution in [1.29, 1.82) is 0 Å². The summed E-state index contributed by atoms with van der Waals surface area (Å²) in [5, 5.41) is 3.82. The zero-order valence-electron chi connectivity index (χ0n) is 20.0. The van der Waals surface area contributed by atoms with Gasteiger partial charge in [-0.2, -0.15) is 0 Å². The van der Waals surface area contributed by atoms with E-state index in [2.05, 4.69) is 15.3 Å². The Hall–Kier alpha value is -3.59. The monoisotopic (exact) mass is 494 g/mol. The van der Waals surface area contributed by atoms with Crippen molar-refractivity contribution in [1.82, 2.24) is 19.9 Å². The number of aromatic nitrogens is 3. The number of hydrogen-bond donors (Lipinski definition) is 3. The molecule has 0 aliphatic heterocycles. The summed E-state index contributed by atoms with van der Waals surface area (Å²) in [4.78, 5) is 31.6. The van der Waals surface area contributed by atoms with Gasteiger partial charge in [-0.25, -0.2) is 0 Å². The molecule has 184 valence electrons. The number of aromatic amines is 2. The summed E-state index contributed by atoms with van der Waals surface area (Å²) in [5.41, 5.74) is 2.97. The van der Waals surface area contributed by atoms with Gasteiger partial charge in [0.05, 0.1) is 19.2 Å². The van der Waals surface area contributed by atoms with Crippen LogP contribution in [0.3, 0.4) is 0 Å². The summed E-state index contributed by atoms with van der Waals surface area (Å²) in [6, 6.07) is 13.5. The fraction of sp³-hybridized carbons (Fsp3) is 0.346. The Labute approximate surface area is 208 Å². The number of H-pyrrole nitrogens is 2. The molecule has 0 radical (unpaired) electrons. The SMILES string of the molecule is CCOc1ccc(CCNC(=O)CCCCn2c(=S)[nH]c3c([nH]c4ccc(OC)cc43)c2=O)cc1. The van der Waals surface area contributed by atoms with Crippen molar-refractivity contribution >= 4 is 40.1 Å². The van der Waals surface area contributed by atoms with E-state index in [0.29, 0.717) is 60.5 Å². The fourth-order valence-corrected chi connectivity index (χ4v) is 4.38. The third-order valence-electron chi connectivity index (χ3n) is 5.95. The molecule has 0 saturated heterocycles. The molecule has 0 aliphatic carbocycles. The van der Waals surface area contributed by atoms with Gasteiger partial charge in [-0.05, 0) is 74.3 Å². The first kappa shape index (κ1) is 24.5. The highest BCUT2D eigenvalue weighted by Crippen LogP contribution is 2.25. The molecule has 0 spiro atoms. The normalized spacial score (nSPS) is 11.1. The van der Waals surface area contributed by atoms with E-state index in [0.717, 1.165) is 28.6 Å². The fourth-order valence-electron chi connectivity index (χ4n) is 4.10. The van der Waals surface area contributed by atoms with Crippen LogP contribution in [0.4, 0.5) is 0 Å². The van der Waals surface area contributed by atoms with E-state index >= 15 is 0 Å². The molecular weight excluding hydrogens is 464 g/mol. The number of amides is 1. The second-order valence-corrected chi connectivity index (χ2v) is 8.69. The molecular formula is C26H30N4O4S. The van der Waals surface area contributed by atoms with Gasteiger partial charge in [0.15, 0.2) is 4.77 Å². The Bertz CT molecular complexity index is 1440. The molecule has 4 rings (SSSR count). The highest BCUT2D eigenvalue weighted by Gasteiger charge is 2.12. The molecule has 4 aromatic rings. The highest BCUT2D eigenvalue weighted by atomic mass is 32.1. The number of rotatable bonds is 11. The predicted molar refractivity (Wildman–Crippen MR) is 140 cm³/mol. The van der Waals surface area contributed by atoms with Crippen LogP contribution in [0.1, 0.15) is 31.7 Å². The van der Waals surface area contributed by atoms with Gasteiger partial charge < -0.3 is 24.8 Å². The second kappa shape index (κ2) is 11.2. The minimum atomic E-state index is -0.168. The third-order valence-corrected chi connectivity index (χ3v) is 6.27. The van der Waals surface area contributed by atoms with E-state index in [1.165, 1.54) is 0 Å². The van der Waals surface area contributed by atoms with Crippen LogP contribution < -0.4 is 20.3 Å². The lowest BCUT2D eigenvalue weighted by Crippen LogP contribution is -2.26.